The molecule has 0 spiro atoms. The molecule has 3 aromatic rings. The van der Waals surface area contributed by atoms with Crippen LogP contribution >= 0.6 is 0 Å². The average Bonchev–Trinajstić information content (AvgIpc) is 2.75. The fourth-order valence-corrected chi connectivity index (χ4v) is 4.16. The van der Waals surface area contributed by atoms with Crippen molar-refractivity contribution < 1.29 is 0 Å². The first-order chi connectivity index (χ1) is 13.3. The van der Waals surface area contributed by atoms with E-state index in [2.05, 4.69) is 78.9 Å². The second-order valence-corrected chi connectivity index (χ2v) is 7.09. The molecule has 0 saturated carbocycles. The molecule has 3 aromatic carbocycles. The van der Waals surface area contributed by atoms with Gasteiger partial charge in [-0.15, -0.1) is 0 Å². The van der Waals surface area contributed by atoms with Crippen molar-refractivity contribution in [3.05, 3.63) is 119 Å². The van der Waals surface area contributed by atoms with Gasteiger partial charge in [-0.25, -0.2) is 0 Å². The minimum Gasteiger partial charge on any atom is -0.326 e. The SMILES string of the molecule is N#Cc1ccc([C@@H]2[C@@H](N)[C@H](c3ccccc3)C=C[C@@H]2c2ccccc2)cc1. The van der Waals surface area contributed by atoms with Gasteiger partial charge >= 0.3 is 0 Å². The summed E-state index contributed by atoms with van der Waals surface area (Å²) in [4.78, 5) is 0. The molecule has 2 N–H and O–H groups in total. The van der Waals surface area contributed by atoms with E-state index < -0.39 is 0 Å². The van der Waals surface area contributed by atoms with E-state index in [9.17, 15) is 0 Å². The third kappa shape index (κ3) is 3.43. The molecular formula is C25H22N2. The Morgan fingerprint density at radius 2 is 1.15 bits per heavy atom. The van der Waals surface area contributed by atoms with Gasteiger partial charge in [0.05, 0.1) is 11.6 Å². The van der Waals surface area contributed by atoms with Crippen molar-refractivity contribution in [2.24, 2.45) is 5.73 Å². The molecule has 1 aliphatic carbocycles. The highest BCUT2D eigenvalue weighted by atomic mass is 14.7. The topological polar surface area (TPSA) is 49.8 Å². The quantitative estimate of drug-likeness (QED) is 0.668. The average molecular weight is 350 g/mol. The molecule has 0 aromatic heterocycles. The number of benzene rings is 3. The largest absolute Gasteiger partial charge is 0.326 e. The third-order valence-corrected chi connectivity index (χ3v) is 5.54. The Labute approximate surface area is 160 Å². The maximum atomic E-state index is 9.13. The molecule has 0 radical (unpaired) electrons. The molecule has 1 aliphatic rings. The van der Waals surface area contributed by atoms with Gasteiger partial charge in [0, 0.05) is 23.8 Å². The minimum atomic E-state index is -0.0458. The van der Waals surface area contributed by atoms with Crippen LogP contribution < -0.4 is 5.73 Å². The van der Waals surface area contributed by atoms with Gasteiger partial charge in [-0.05, 0) is 28.8 Å². The number of nitriles is 1. The highest BCUT2D eigenvalue weighted by Crippen LogP contribution is 2.44. The van der Waals surface area contributed by atoms with Crippen molar-refractivity contribution in [2.75, 3.05) is 0 Å². The molecular weight excluding hydrogens is 328 g/mol. The molecule has 27 heavy (non-hydrogen) atoms. The summed E-state index contributed by atoms with van der Waals surface area (Å²) in [5.74, 6) is 0.538. The summed E-state index contributed by atoms with van der Waals surface area (Å²) < 4.78 is 0. The van der Waals surface area contributed by atoms with Crippen LogP contribution in [0.1, 0.15) is 40.0 Å². The maximum absolute atomic E-state index is 9.13. The summed E-state index contributed by atoms with van der Waals surface area (Å²) in [5, 5.41) is 9.13. The molecule has 0 fully saturated rings. The zero-order chi connectivity index (χ0) is 18.6. The Hall–Kier alpha value is -3.15. The number of nitrogens with two attached hydrogens (primary N) is 1. The van der Waals surface area contributed by atoms with Gasteiger partial charge in [0.1, 0.15) is 0 Å². The lowest BCUT2D eigenvalue weighted by Crippen LogP contribution is -2.39. The molecule has 4 atom stereocenters. The van der Waals surface area contributed by atoms with Crippen LogP contribution in [-0.4, -0.2) is 6.04 Å². The minimum absolute atomic E-state index is 0.0458. The number of rotatable bonds is 3. The van der Waals surface area contributed by atoms with Crippen LogP contribution in [0.4, 0.5) is 0 Å². The van der Waals surface area contributed by atoms with Gasteiger partial charge in [0.15, 0.2) is 0 Å². The van der Waals surface area contributed by atoms with Crippen LogP contribution in [0.3, 0.4) is 0 Å². The molecule has 0 unspecified atom stereocenters. The van der Waals surface area contributed by atoms with E-state index in [1.807, 2.05) is 24.3 Å². The van der Waals surface area contributed by atoms with Crippen molar-refractivity contribution in [1.82, 2.24) is 0 Å². The Morgan fingerprint density at radius 3 is 1.70 bits per heavy atom. The van der Waals surface area contributed by atoms with Crippen LogP contribution in [0, 0.1) is 11.3 Å². The van der Waals surface area contributed by atoms with Crippen molar-refractivity contribution >= 4 is 0 Å². The van der Waals surface area contributed by atoms with Gasteiger partial charge < -0.3 is 5.73 Å². The fourth-order valence-electron chi connectivity index (χ4n) is 4.16. The Kier molecular flexibility index (Phi) is 4.87. The number of hydrogen-bond acceptors (Lipinski definition) is 2. The van der Waals surface area contributed by atoms with Crippen LogP contribution in [0.2, 0.25) is 0 Å². The van der Waals surface area contributed by atoms with E-state index in [4.69, 9.17) is 11.0 Å². The summed E-state index contributed by atoms with van der Waals surface area (Å²) in [5.41, 5.74) is 11.2. The monoisotopic (exact) mass is 350 g/mol. The lowest BCUT2D eigenvalue weighted by molar-refractivity contribution is 0.439. The zero-order valence-corrected chi connectivity index (χ0v) is 15.1. The summed E-state index contributed by atoms with van der Waals surface area (Å²) in [7, 11) is 0. The van der Waals surface area contributed by atoms with Gasteiger partial charge in [-0.1, -0.05) is 84.9 Å². The number of hydrogen-bond donors (Lipinski definition) is 1. The normalized spacial score (nSPS) is 24.3. The summed E-state index contributed by atoms with van der Waals surface area (Å²) in [6.07, 6.45) is 4.57. The van der Waals surface area contributed by atoms with Crippen LogP contribution in [-0.2, 0) is 0 Å². The lowest BCUT2D eigenvalue weighted by Gasteiger charge is -2.38. The first-order valence-corrected chi connectivity index (χ1v) is 9.32. The molecule has 0 amide bonds. The van der Waals surface area contributed by atoms with E-state index in [0.29, 0.717) is 5.56 Å². The molecule has 0 heterocycles. The molecule has 4 rings (SSSR count). The van der Waals surface area contributed by atoms with Gasteiger partial charge in [-0.3, -0.25) is 0 Å². The van der Waals surface area contributed by atoms with Crippen LogP contribution in [0.25, 0.3) is 0 Å². The maximum Gasteiger partial charge on any atom is 0.0991 e. The first-order valence-electron chi connectivity index (χ1n) is 9.32. The van der Waals surface area contributed by atoms with Crippen molar-refractivity contribution in [3.63, 3.8) is 0 Å². The number of allylic oxidation sites excluding steroid dienone is 1. The van der Waals surface area contributed by atoms with Crippen LogP contribution in [0.15, 0.2) is 97.1 Å². The van der Waals surface area contributed by atoms with E-state index in [1.54, 1.807) is 0 Å². The van der Waals surface area contributed by atoms with Gasteiger partial charge in [0.25, 0.3) is 0 Å². The fraction of sp³-hybridized carbons (Fsp3) is 0.160. The van der Waals surface area contributed by atoms with Crippen LogP contribution in [0.5, 0.6) is 0 Å². The second kappa shape index (κ2) is 7.61. The Bertz CT molecular complexity index is 953. The molecule has 2 nitrogen and oxygen atoms in total. The molecule has 0 saturated heterocycles. The zero-order valence-electron chi connectivity index (χ0n) is 15.1. The highest BCUT2D eigenvalue weighted by Gasteiger charge is 2.36. The molecule has 2 heteroatoms. The summed E-state index contributed by atoms with van der Waals surface area (Å²) in [6.45, 7) is 0. The number of nitrogens with zero attached hydrogens (tertiary/aromatic N) is 1. The van der Waals surface area contributed by atoms with E-state index in [0.717, 1.165) is 0 Å². The van der Waals surface area contributed by atoms with Gasteiger partial charge in [-0.2, -0.15) is 5.26 Å². The van der Waals surface area contributed by atoms with Crippen molar-refractivity contribution in [2.45, 2.75) is 23.8 Å². The molecule has 132 valence electrons. The highest BCUT2D eigenvalue weighted by molar-refractivity contribution is 5.42. The smallest absolute Gasteiger partial charge is 0.0991 e. The second-order valence-electron chi connectivity index (χ2n) is 7.09. The summed E-state index contributed by atoms with van der Waals surface area (Å²) in [6, 6.07) is 31.0. The van der Waals surface area contributed by atoms with Crippen molar-refractivity contribution in [3.8, 4) is 6.07 Å². The first kappa shape index (κ1) is 17.3. The van der Waals surface area contributed by atoms with E-state index in [-0.39, 0.29) is 23.8 Å². The predicted octanol–water partition coefficient (Wildman–Crippen LogP) is 5.11. The van der Waals surface area contributed by atoms with E-state index >= 15 is 0 Å². The molecule has 0 aliphatic heterocycles. The Balaban J connectivity index is 1.79. The third-order valence-electron chi connectivity index (χ3n) is 5.54. The van der Waals surface area contributed by atoms with E-state index in [1.165, 1.54) is 16.7 Å². The standard InChI is InChI=1S/C25H22N2/c26-17-18-11-13-21(14-12-18)24-22(19-7-3-1-4-8-19)15-16-23(25(24)27)20-9-5-2-6-10-20/h1-16,22-25H,27H2/t22-,23+,24+,25+/m1/s1. The lowest BCUT2D eigenvalue weighted by atomic mass is 9.68. The predicted molar refractivity (Wildman–Crippen MR) is 109 cm³/mol. The van der Waals surface area contributed by atoms with Crippen molar-refractivity contribution in [1.29, 1.82) is 5.26 Å². The summed E-state index contributed by atoms with van der Waals surface area (Å²) >= 11 is 0. The molecule has 0 bridgehead atoms. The van der Waals surface area contributed by atoms with Gasteiger partial charge in [0.2, 0.25) is 0 Å². The Morgan fingerprint density at radius 1 is 0.630 bits per heavy atom.